The molecular formula is C24H23ClN4O4. The number of pyridine rings is 1. The van der Waals surface area contributed by atoms with E-state index in [2.05, 4.69) is 15.6 Å². The molecule has 5 rings (SSSR count). The van der Waals surface area contributed by atoms with Crippen molar-refractivity contribution in [3.8, 4) is 0 Å². The lowest BCUT2D eigenvalue weighted by Crippen LogP contribution is -2.52. The van der Waals surface area contributed by atoms with Crippen LogP contribution in [0, 0.1) is 5.92 Å². The molecule has 1 aromatic heterocycles. The zero-order valence-electron chi connectivity index (χ0n) is 17.8. The zero-order chi connectivity index (χ0) is 23.1. The number of halogens is 1. The van der Waals surface area contributed by atoms with E-state index >= 15 is 0 Å². The molecule has 1 aromatic carbocycles. The molecule has 3 heterocycles. The fourth-order valence-electron chi connectivity index (χ4n) is 4.72. The highest BCUT2D eigenvalue weighted by molar-refractivity contribution is 6.30. The van der Waals surface area contributed by atoms with Crippen LogP contribution >= 0.6 is 11.6 Å². The van der Waals surface area contributed by atoms with Gasteiger partial charge in [-0.2, -0.15) is 0 Å². The second kappa shape index (κ2) is 8.59. The maximum absolute atomic E-state index is 13.1. The molecule has 9 heteroatoms. The fourth-order valence-corrected chi connectivity index (χ4v) is 4.83. The molecule has 2 atom stereocenters. The van der Waals surface area contributed by atoms with Crippen LogP contribution < -0.4 is 10.6 Å². The van der Waals surface area contributed by atoms with Crippen molar-refractivity contribution in [2.75, 3.05) is 0 Å². The molecule has 8 nitrogen and oxygen atoms in total. The number of amides is 4. The first kappa shape index (κ1) is 21.6. The van der Waals surface area contributed by atoms with Crippen LogP contribution in [0.4, 0.5) is 0 Å². The molecule has 1 saturated carbocycles. The van der Waals surface area contributed by atoms with Gasteiger partial charge in [-0.15, -0.1) is 0 Å². The summed E-state index contributed by atoms with van der Waals surface area (Å²) in [6.45, 7) is 0.229. The largest absolute Gasteiger partial charge is 0.343 e. The smallest absolute Gasteiger partial charge is 0.255 e. The number of rotatable bonds is 5. The number of hydrogen-bond donors (Lipinski definition) is 2. The van der Waals surface area contributed by atoms with Crippen LogP contribution in [-0.2, 0) is 16.1 Å². The van der Waals surface area contributed by atoms with Gasteiger partial charge in [-0.3, -0.25) is 29.5 Å². The quantitative estimate of drug-likeness (QED) is 0.659. The topological polar surface area (TPSA) is 108 Å². The normalized spacial score (nSPS) is 21.3. The van der Waals surface area contributed by atoms with E-state index in [1.807, 2.05) is 6.07 Å². The summed E-state index contributed by atoms with van der Waals surface area (Å²) >= 11 is 5.97. The summed E-state index contributed by atoms with van der Waals surface area (Å²) in [6.07, 6.45) is 5.26. The molecule has 1 aliphatic carbocycles. The first-order valence-electron chi connectivity index (χ1n) is 11.1. The number of carbonyl (C=O) groups is 4. The molecule has 1 saturated heterocycles. The van der Waals surface area contributed by atoms with E-state index in [-0.39, 0.29) is 36.7 Å². The molecule has 3 aliphatic rings. The number of hydrogen-bond acceptors (Lipinski definition) is 5. The number of benzene rings is 1. The summed E-state index contributed by atoms with van der Waals surface area (Å²) in [7, 11) is 0. The Labute approximate surface area is 195 Å². The molecule has 2 N–H and O–H groups in total. The first-order chi connectivity index (χ1) is 15.9. The molecule has 0 bridgehead atoms. The SMILES string of the molecule is O=C1CCC(N2Cc3cc(C(=O)N[C@@H](c4ccc(Cl)cn4)C4CCC4)ccc3C2=O)C(=O)N1. The lowest BCUT2D eigenvalue weighted by molar-refractivity contribution is -0.136. The summed E-state index contributed by atoms with van der Waals surface area (Å²) in [5.74, 6) is -0.955. The minimum atomic E-state index is -0.682. The third-order valence-electron chi connectivity index (χ3n) is 6.76. The lowest BCUT2D eigenvalue weighted by atomic mass is 9.78. The molecule has 170 valence electrons. The molecule has 1 unspecified atom stereocenters. The Bertz CT molecular complexity index is 1150. The minimum Gasteiger partial charge on any atom is -0.343 e. The van der Waals surface area contributed by atoms with Crippen molar-refractivity contribution < 1.29 is 19.2 Å². The van der Waals surface area contributed by atoms with E-state index in [1.165, 1.54) is 4.90 Å². The summed E-state index contributed by atoms with van der Waals surface area (Å²) < 4.78 is 0. The van der Waals surface area contributed by atoms with Gasteiger partial charge < -0.3 is 10.2 Å². The van der Waals surface area contributed by atoms with Crippen LogP contribution in [0.2, 0.25) is 5.02 Å². The number of carbonyl (C=O) groups excluding carboxylic acids is 4. The zero-order valence-corrected chi connectivity index (χ0v) is 18.6. The number of imide groups is 1. The standard InChI is InChI=1S/C24H23ClN4O4/c25-16-5-7-18(26-11-16)21(13-2-1-3-13)28-22(31)14-4-6-17-15(10-14)12-29(24(17)33)19-8-9-20(30)27-23(19)32/h4-7,10-11,13,19,21H,1-3,8-9,12H2,(H,28,31)(H,27,30,32)/t19?,21-/m1/s1. The van der Waals surface area contributed by atoms with Crippen LogP contribution in [0.25, 0.3) is 0 Å². The molecule has 0 radical (unpaired) electrons. The van der Waals surface area contributed by atoms with E-state index in [4.69, 9.17) is 11.6 Å². The van der Waals surface area contributed by atoms with E-state index < -0.39 is 11.9 Å². The fraction of sp³-hybridized carbons (Fsp3) is 0.375. The first-order valence-corrected chi connectivity index (χ1v) is 11.5. The van der Waals surface area contributed by atoms with Gasteiger partial charge >= 0.3 is 0 Å². The molecule has 2 aliphatic heterocycles. The van der Waals surface area contributed by atoms with Crippen molar-refractivity contribution >= 4 is 35.2 Å². The second-order valence-corrected chi connectivity index (χ2v) is 9.25. The van der Waals surface area contributed by atoms with Crippen LogP contribution in [0.5, 0.6) is 0 Å². The van der Waals surface area contributed by atoms with Gasteiger partial charge in [0, 0.05) is 30.3 Å². The Morgan fingerprint density at radius 3 is 2.64 bits per heavy atom. The maximum Gasteiger partial charge on any atom is 0.255 e. The molecule has 0 spiro atoms. The van der Waals surface area contributed by atoms with Crippen LogP contribution in [0.1, 0.15) is 70.1 Å². The van der Waals surface area contributed by atoms with Gasteiger partial charge in [0.05, 0.1) is 16.8 Å². The summed E-state index contributed by atoms with van der Waals surface area (Å²) in [4.78, 5) is 55.6. The Balaban J connectivity index is 1.34. The van der Waals surface area contributed by atoms with Gasteiger partial charge in [-0.25, -0.2) is 0 Å². The summed E-state index contributed by atoms with van der Waals surface area (Å²) in [5.41, 5.74) is 2.40. The van der Waals surface area contributed by atoms with E-state index in [0.717, 1.165) is 25.0 Å². The maximum atomic E-state index is 13.1. The van der Waals surface area contributed by atoms with E-state index in [0.29, 0.717) is 34.1 Å². The molecule has 4 amide bonds. The number of fused-ring (bicyclic) bond motifs is 1. The van der Waals surface area contributed by atoms with Gasteiger partial charge in [0.25, 0.3) is 11.8 Å². The average molecular weight is 467 g/mol. The number of piperidine rings is 1. The summed E-state index contributed by atoms with van der Waals surface area (Å²) in [6, 6.07) is 7.70. The van der Waals surface area contributed by atoms with Crippen molar-refractivity contribution in [1.29, 1.82) is 0 Å². The van der Waals surface area contributed by atoms with Gasteiger partial charge in [-0.1, -0.05) is 18.0 Å². The van der Waals surface area contributed by atoms with Gasteiger partial charge in [-0.05, 0) is 61.1 Å². The Morgan fingerprint density at radius 2 is 1.97 bits per heavy atom. The third kappa shape index (κ3) is 4.11. The minimum absolute atomic E-state index is 0.200. The van der Waals surface area contributed by atoms with Crippen molar-refractivity contribution in [2.24, 2.45) is 5.92 Å². The van der Waals surface area contributed by atoms with Crippen molar-refractivity contribution in [1.82, 2.24) is 20.5 Å². The highest BCUT2D eigenvalue weighted by Gasteiger charge is 2.39. The molecule has 2 fully saturated rings. The van der Waals surface area contributed by atoms with Crippen molar-refractivity contribution in [3.63, 3.8) is 0 Å². The lowest BCUT2D eigenvalue weighted by Gasteiger charge is -2.34. The van der Waals surface area contributed by atoms with Crippen molar-refractivity contribution in [2.45, 2.75) is 50.7 Å². The third-order valence-corrected chi connectivity index (χ3v) is 6.99. The van der Waals surface area contributed by atoms with Gasteiger partial charge in [0.1, 0.15) is 6.04 Å². The second-order valence-electron chi connectivity index (χ2n) is 8.82. The van der Waals surface area contributed by atoms with E-state index in [1.54, 1.807) is 30.5 Å². The van der Waals surface area contributed by atoms with Crippen LogP contribution in [-0.4, -0.2) is 39.6 Å². The molecule has 33 heavy (non-hydrogen) atoms. The highest BCUT2D eigenvalue weighted by atomic mass is 35.5. The van der Waals surface area contributed by atoms with Crippen LogP contribution in [0.15, 0.2) is 36.5 Å². The average Bonchev–Trinajstić information content (AvgIpc) is 3.08. The number of nitrogens with zero attached hydrogens (tertiary/aromatic N) is 2. The van der Waals surface area contributed by atoms with Gasteiger partial charge in [0.2, 0.25) is 11.8 Å². The van der Waals surface area contributed by atoms with E-state index in [9.17, 15) is 19.2 Å². The predicted molar refractivity (Wildman–Crippen MR) is 119 cm³/mol. The monoisotopic (exact) mass is 466 g/mol. The Hall–Kier alpha value is -3.26. The molecular weight excluding hydrogens is 444 g/mol. The van der Waals surface area contributed by atoms with Crippen molar-refractivity contribution in [3.05, 3.63) is 63.9 Å². The highest BCUT2D eigenvalue weighted by Crippen LogP contribution is 2.37. The Kier molecular flexibility index (Phi) is 5.62. The molecule has 2 aromatic rings. The number of nitrogens with one attached hydrogen (secondary N) is 2. The van der Waals surface area contributed by atoms with Gasteiger partial charge in [0.15, 0.2) is 0 Å². The summed E-state index contributed by atoms with van der Waals surface area (Å²) in [5, 5.41) is 5.95. The predicted octanol–water partition coefficient (Wildman–Crippen LogP) is 2.77. The Morgan fingerprint density at radius 1 is 1.15 bits per heavy atom. The van der Waals surface area contributed by atoms with Crippen LogP contribution in [0.3, 0.4) is 0 Å². The number of aromatic nitrogens is 1.